The Labute approximate surface area is 215 Å². The zero-order valence-corrected chi connectivity index (χ0v) is 20.9. The fourth-order valence-corrected chi connectivity index (χ4v) is 5.34. The molecule has 1 atom stereocenters. The Kier molecular flexibility index (Phi) is 7.04. The number of carbonyl (C=O) groups is 2. The van der Waals surface area contributed by atoms with Crippen LogP contribution in [-0.2, 0) is 9.59 Å². The monoisotopic (exact) mass is 505 g/mol. The lowest BCUT2D eigenvalue weighted by Crippen LogP contribution is -2.53. The van der Waals surface area contributed by atoms with Crippen molar-refractivity contribution in [3.8, 4) is 5.75 Å². The van der Waals surface area contributed by atoms with Crippen LogP contribution >= 0.6 is 0 Å². The molecule has 5 rings (SSSR count). The minimum absolute atomic E-state index is 0.120. The van der Waals surface area contributed by atoms with Gasteiger partial charge in [-0.25, -0.2) is 13.7 Å². The second kappa shape index (κ2) is 10.4. The number of amides is 2. The zero-order chi connectivity index (χ0) is 26.1. The van der Waals surface area contributed by atoms with E-state index in [9.17, 15) is 18.4 Å². The van der Waals surface area contributed by atoms with E-state index in [1.807, 2.05) is 13.0 Å². The van der Waals surface area contributed by atoms with Crippen molar-refractivity contribution in [2.24, 2.45) is 0 Å². The maximum atomic E-state index is 13.6. The average molecular weight is 506 g/mol. The summed E-state index contributed by atoms with van der Waals surface area (Å²) in [5, 5.41) is 0. The van der Waals surface area contributed by atoms with Crippen molar-refractivity contribution in [2.75, 3.05) is 38.2 Å². The molecule has 0 saturated carbocycles. The van der Waals surface area contributed by atoms with Crippen LogP contribution in [0.15, 0.2) is 66.7 Å². The lowest BCUT2D eigenvalue weighted by atomic mass is 9.96. The fraction of sp³-hybridized carbons (Fsp3) is 0.310. The maximum Gasteiger partial charge on any atom is 0.251 e. The van der Waals surface area contributed by atoms with E-state index in [2.05, 4.69) is 9.80 Å². The first-order valence-electron chi connectivity index (χ1n) is 12.4. The van der Waals surface area contributed by atoms with Gasteiger partial charge in [0, 0.05) is 26.2 Å². The van der Waals surface area contributed by atoms with Crippen LogP contribution < -0.4 is 9.64 Å². The molecule has 6 nitrogen and oxygen atoms in total. The third-order valence-corrected chi connectivity index (χ3v) is 7.22. The molecule has 2 fully saturated rings. The number of nitrogens with zero attached hydrogens (tertiary/aromatic N) is 3. The van der Waals surface area contributed by atoms with Gasteiger partial charge in [0.15, 0.2) is 0 Å². The minimum Gasteiger partial charge on any atom is -0.495 e. The highest BCUT2D eigenvalue weighted by Crippen LogP contribution is 2.35. The fourth-order valence-electron chi connectivity index (χ4n) is 5.34. The third kappa shape index (κ3) is 4.99. The van der Waals surface area contributed by atoms with Crippen molar-refractivity contribution in [3.05, 3.63) is 95.1 Å². The van der Waals surface area contributed by atoms with Gasteiger partial charge in [0.2, 0.25) is 5.91 Å². The number of hydrogen-bond acceptors (Lipinski definition) is 5. The summed E-state index contributed by atoms with van der Waals surface area (Å²) in [4.78, 5) is 32.0. The highest BCUT2D eigenvalue weighted by molar-refractivity contribution is 6.23. The SMILES string of the molecule is COc1ccc(C)cc1N1C(=O)C[C@@H](N2CCN(C(c3ccc(F)cc3)c3ccc(F)cc3)CC2)C1=O. The molecule has 0 unspecified atom stereocenters. The van der Waals surface area contributed by atoms with E-state index in [0.29, 0.717) is 37.6 Å². The van der Waals surface area contributed by atoms with Gasteiger partial charge in [-0.2, -0.15) is 0 Å². The lowest BCUT2D eigenvalue weighted by Gasteiger charge is -2.41. The first-order valence-corrected chi connectivity index (χ1v) is 12.4. The number of halogens is 2. The lowest BCUT2D eigenvalue weighted by molar-refractivity contribution is -0.123. The third-order valence-electron chi connectivity index (χ3n) is 7.22. The molecule has 0 radical (unpaired) electrons. The minimum atomic E-state index is -0.532. The number of aryl methyl sites for hydroxylation is 1. The van der Waals surface area contributed by atoms with Crippen LogP contribution in [0.1, 0.15) is 29.2 Å². The van der Waals surface area contributed by atoms with Crippen molar-refractivity contribution in [2.45, 2.75) is 25.4 Å². The molecule has 2 aliphatic heterocycles. The number of benzene rings is 3. The zero-order valence-electron chi connectivity index (χ0n) is 20.9. The van der Waals surface area contributed by atoms with E-state index >= 15 is 0 Å². The Hall–Kier alpha value is -3.62. The molecule has 37 heavy (non-hydrogen) atoms. The summed E-state index contributed by atoms with van der Waals surface area (Å²) in [5.41, 5.74) is 3.23. The number of imide groups is 1. The Morgan fingerprint density at radius 3 is 1.95 bits per heavy atom. The summed E-state index contributed by atoms with van der Waals surface area (Å²) in [6.07, 6.45) is 0.120. The number of ether oxygens (including phenoxy) is 1. The molecule has 3 aromatic rings. The second-order valence-electron chi connectivity index (χ2n) is 9.54. The van der Waals surface area contributed by atoms with Crippen molar-refractivity contribution < 1.29 is 23.1 Å². The van der Waals surface area contributed by atoms with Gasteiger partial charge in [0.25, 0.3) is 5.91 Å². The molecule has 0 N–H and O–H groups in total. The van der Waals surface area contributed by atoms with Crippen LogP contribution in [0.5, 0.6) is 5.75 Å². The molecule has 2 heterocycles. The van der Waals surface area contributed by atoms with Crippen LogP contribution in [0, 0.1) is 18.6 Å². The van der Waals surface area contributed by atoms with Crippen LogP contribution in [0.25, 0.3) is 0 Å². The average Bonchev–Trinajstić information content (AvgIpc) is 3.20. The largest absolute Gasteiger partial charge is 0.495 e. The summed E-state index contributed by atoms with van der Waals surface area (Å²) < 4.78 is 32.7. The van der Waals surface area contributed by atoms with Gasteiger partial charge in [-0.05, 0) is 60.0 Å². The molecule has 8 heteroatoms. The quantitative estimate of drug-likeness (QED) is 0.467. The number of methoxy groups -OCH3 is 1. The van der Waals surface area contributed by atoms with Crippen molar-refractivity contribution >= 4 is 17.5 Å². The van der Waals surface area contributed by atoms with Gasteiger partial charge in [-0.15, -0.1) is 0 Å². The Morgan fingerprint density at radius 2 is 1.41 bits per heavy atom. The standard InChI is InChI=1S/C29H29F2N3O3/c1-19-3-12-26(37-2)24(17-19)34-27(35)18-25(29(34)36)32-13-15-33(16-14-32)28(20-4-8-22(30)9-5-20)21-6-10-23(31)11-7-21/h3-12,17,25,28H,13-16,18H2,1-2H3/t25-/m1/s1. The number of anilines is 1. The van der Waals surface area contributed by atoms with E-state index in [4.69, 9.17) is 4.74 Å². The van der Waals surface area contributed by atoms with E-state index < -0.39 is 6.04 Å². The maximum absolute atomic E-state index is 13.6. The Balaban J connectivity index is 1.34. The van der Waals surface area contributed by atoms with Crippen molar-refractivity contribution in [1.29, 1.82) is 0 Å². The van der Waals surface area contributed by atoms with Gasteiger partial charge in [-0.1, -0.05) is 30.3 Å². The van der Waals surface area contributed by atoms with E-state index in [1.165, 1.54) is 36.3 Å². The van der Waals surface area contributed by atoms with Crippen LogP contribution in [0.2, 0.25) is 0 Å². The van der Waals surface area contributed by atoms with Crippen molar-refractivity contribution in [1.82, 2.24) is 9.80 Å². The molecule has 2 aliphatic rings. The van der Waals surface area contributed by atoms with Gasteiger partial charge in [0.1, 0.15) is 17.4 Å². The Morgan fingerprint density at radius 1 is 0.838 bits per heavy atom. The smallest absolute Gasteiger partial charge is 0.251 e. The molecule has 0 aromatic heterocycles. The van der Waals surface area contributed by atoms with E-state index in [0.717, 1.165) is 16.7 Å². The highest BCUT2D eigenvalue weighted by Gasteiger charge is 2.44. The number of piperazine rings is 1. The van der Waals surface area contributed by atoms with E-state index in [-0.39, 0.29) is 35.9 Å². The molecule has 3 aromatic carbocycles. The van der Waals surface area contributed by atoms with Gasteiger partial charge in [-0.3, -0.25) is 19.4 Å². The number of carbonyl (C=O) groups excluding carboxylic acids is 2. The Bertz CT molecular complexity index is 1240. The molecule has 0 aliphatic carbocycles. The van der Waals surface area contributed by atoms with Gasteiger partial charge in [0.05, 0.1) is 31.3 Å². The summed E-state index contributed by atoms with van der Waals surface area (Å²) in [7, 11) is 1.52. The van der Waals surface area contributed by atoms with Gasteiger partial charge < -0.3 is 4.74 Å². The molecule has 192 valence electrons. The first kappa shape index (κ1) is 25.0. The van der Waals surface area contributed by atoms with E-state index in [1.54, 1.807) is 36.4 Å². The topological polar surface area (TPSA) is 53.1 Å². The molecule has 2 saturated heterocycles. The molecule has 0 bridgehead atoms. The van der Waals surface area contributed by atoms with Gasteiger partial charge >= 0.3 is 0 Å². The summed E-state index contributed by atoms with van der Waals surface area (Å²) in [6.45, 7) is 4.34. The van der Waals surface area contributed by atoms with Crippen LogP contribution in [0.4, 0.5) is 14.5 Å². The predicted molar refractivity (Wildman–Crippen MR) is 136 cm³/mol. The molecular formula is C29H29F2N3O3. The molecular weight excluding hydrogens is 476 g/mol. The molecule has 0 spiro atoms. The number of hydrogen-bond donors (Lipinski definition) is 0. The highest BCUT2D eigenvalue weighted by atomic mass is 19.1. The van der Waals surface area contributed by atoms with Crippen LogP contribution in [-0.4, -0.2) is 60.9 Å². The predicted octanol–water partition coefficient (Wildman–Crippen LogP) is 4.32. The van der Waals surface area contributed by atoms with Crippen LogP contribution in [0.3, 0.4) is 0 Å². The normalized spacial score (nSPS) is 19.2. The number of rotatable bonds is 6. The molecule has 2 amide bonds. The summed E-state index contributed by atoms with van der Waals surface area (Å²) in [6, 6.07) is 17.5. The summed E-state index contributed by atoms with van der Waals surface area (Å²) >= 11 is 0. The van der Waals surface area contributed by atoms with Crippen molar-refractivity contribution in [3.63, 3.8) is 0 Å². The second-order valence-corrected chi connectivity index (χ2v) is 9.54. The first-order chi connectivity index (χ1) is 17.9. The summed E-state index contributed by atoms with van der Waals surface area (Å²) in [5.74, 6) is -0.622.